The highest BCUT2D eigenvalue weighted by Crippen LogP contribution is 2.33. The topological polar surface area (TPSA) is 24.1 Å². The third-order valence-corrected chi connectivity index (χ3v) is 5.31. The quantitative estimate of drug-likeness (QED) is 0.496. The Kier molecular flexibility index (Phi) is 6.65. The van der Waals surface area contributed by atoms with Crippen LogP contribution >= 0.6 is 11.9 Å². The van der Waals surface area contributed by atoms with Crippen molar-refractivity contribution >= 4 is 17.6 Å². The van der Waals surface area contributed by atoms with Gasteiger partial charge in [-0.2, -0.15) is 13.2 Å². The third kappa shape index (κ3) is 6.70. The molecule has 0 aromatic heterocycles. The fourth-order valence-corrected chi connectivity index (χ4v) is 3.62. The van der Waals surface area contributed by atoms with Gasteiger partial charge in [0, 0.05) is 23.0 Å². The fraction of sp³-hybridized carbons (Fsp3) is 0.667. The van der Waals surface area contributed by atoms with Gasteiger partial charge in [-0.3, -0.25) is 4.72 Å². The molecule has 0 unspecified atom stereocenters. The maximum absolute atomic E-state index is 13.3. The third-order valence-electron chi connectivity index (χ3n) is 4.25. The van der Waals surface area contributed by atoms with E-state index in [1.54, 1.807) is 11.9 Å². The van der Waals surface area contributed by atoms with Crippen molar-refractivity contribution in [2.45, 2.75) is 63.4 Å². The average molecular weight is 378 g/mol. The van der Waals surface area contributed by atoms with Gasteiger partial charge < -0.3 is 5.32 Å². The molecule has 1 aliphatic carbocycles. The van der Waals surface area contributed by atoms with Crippen LogP contribution in [0.5, 0.6) is 0 Å². The number of nitrogens with one attached hydrogen (secondary N) is 2. The van der Waals surface area contributed by atoms with Crippen LogP contribution in [0.15, 0.2) is 18.2 Å². The Balaban J connectivity index is 1.80. The standard InChI is InChI=1S/C18H26F4N2S/c1-17(2,3)25-24-13-6-4-12(5-7-13)11-23-14-8-9-16(19)15(10-14)18(20,21)22/h8-10,12-13,23-24H,4-7,11H2,1-3H3/t12-,13-. The number of alkyl halides is 3. The van der Waals surface area contributed by atoms with E-state index in [-0.39, 0.29) is 4.75 Å². The van der Waals surface area contributed by atoms with Crippen molar-refractivity contribution in [2.24, 2.45) is 5.92 Å². The predicted molar refractivity (Wildman–Crippen MR) is 96.1 cm³/mol. The van der Waals surface area contributed by atoms with Gasteiger partial charge in [-0.15, -0.1) is 0 Å². The summed E-state index contributed by atoms with van der Waals surface area (Å²) >= 11 is 1.75. The molecule has 2 rings (SSSR count). The van der Waals surface area contributed by atoms with Gasteiger partial charge in [0.1, 0.15) is 5.82 Å². The van der Waals surface area contributed by atoms with Gasteiger partial charge in [0.2, 0.25) is 0 Å². The molecule has 0 saturated heterocycles. The van der Waals surface area contributed by atoms with Crippen molar-refractivity contribution < 1.29 is 17.6 Å². The Bertz CT molecular complexity index is 561. The van der Waals surface area contributed by atoms with E-state index in [1.165, 1.54) is 6.07 Å². The van der Waals surface area contributed by atoms with Gasteiger partial charge in [0.25, 0.3) is 0 Å². The lowest BCUT2D eigenvalue weighted by Gasteiger charge is -2.31. The molecule has 0 atom stereocenters. The maximum atomic E-state index is 13.3. The van der Waals surface area contributed by atoms with Gasteiger partial charge in [-0.1, -0.05) is 11.9 Å². The molecule has 2 nitrogen and oxygen atoms in total. The monoisotopic (exact) mass is 378 g/mol. The minimum atomic E-state index is -4.67. The van der Waals surface area contributed by atoms with Crippen molar-refractivity contribution in [3.63, 3.8) is 0 Å². The Hall–Kier alpha value is -0.950. The van der Waals surface area contributed by atoms with E-state index in [2.05, 4.69) is 30.8 Å². The molecule has 2 N–H and O–H groups in total. The fourth-order valence-electron chi connectivity index (χ4n) is 2.86. The number of anilines is 1. The first-order valence-corrected chi connectivity index (χ1v) is 9.40. The van der Waals surface area contributed by atoms with Crippen molar-refractivity contribution in [3.8, 4) is 0 Å². The minimum Gasteiger partial charge on any atom is -0.385 e. The highest BCUT2D eigenvalue weighted by Gasteiger charge is 2.34. The lowest BCUT2D eigenvalue weighted by molar-refractivity contribution is -0.139. The van der Waals surface area contributed by atoms with Crippen molar-refractivity contribution in [3.05, 3.63) is 29.6 Å². The molecule has 0 heterocycles. The van der Waals surface area contributed by atoms with E-state index in [4.69, 9.17) is 0 Å². The Morgan fingerprint density at radius 2 is 1.72 bits per heavy atom. The summed E-state index contributed by atoms with van der Waals surface area (Å²) in [4.78, 5) is 0. The normalized spacial score (nSPS) is 22.0. The molecule has 0 bridgehead atoms. The van der Waals surface area contributed by atoms with Gasteiger partial charge in [-0.25, -0.2) is 4.39 Å². The largest absolute Gasteiger partial charge is 0.419 e. The van der Waals surface area contributed by atoms with Crippen LogP contribution in [-0.2, 0) is 6.18 Å². The molecular formula is C18H26F4N2S. The molecule has 1 aliphatic rings. The summed E-state index contributed by atoms with van der Waals surface area (Å²) in [7, 11) is 0. The molecule has 1 aromatic carbocycles. The van der Waals surface area contributed by atoms with E-state index < -0.39 is 17.6 Å². The molecule has 142 valence electrons. The number of benzene rings is 1. The first kappa shape index (κ1) is 20.4. The van der Waals surface area contributed by atoms with E-state index in [9.17, 15) is 17.6 Å². The molecule has 7 heteroatoms. The zero-order valence-electron chi connectivity index (χ0n) is 14.8. The number of rotatable bonds is 5. The van der Waals surface area contributed by atoms with E-state index in [0.717, 1.165) is 37.8 Å². The van der Waals surface area contributed by atoms with Crippen LogP contribution in [0.1, 0.15) is 52.0 Å². The summed E-state index contributed by atoms with van der Waals surface area (Å²) in [5.41, 5.74) is -0.901. The van der Waals surface area contributed by atoms with E-state index in [1.807, 2.05) is 0 Å². The van der Waals surface area contributed by atoms with E-state index >= 15 is 0 Å². The van der Waals surface area contributed by atoms with Gasteiger partial charge in [0.05, 0.1) is 5.56 Å². The van der Waals surface area contributed by atoms with Crippen LogP contribution in [0.3, 0.4) is 0 Å². The van der Waals surface area contributed by atoms with Crippen LogP contribution in [0.2, 0.25) is 0 Å². The highest BCUT2D eigenvalue weighted by atomic mass is 32.2. The van der Waals surface area contributed by atoms with Crippen LogP contribution in [-0.4, -0.2) is 17.3 Å². The minimum absolute atomic E-state index is 0.178. The summed E-state index contributed by atoms with van der Waals surface area (Å²) in [6.07, 6.45) is -0.485. The van der Waals surface area contributed by atoms with Crippen LogP contribution in [0.25, 0.3) is 0 Å². The van der Waals surface area contributed by atoms with Crippen LogP contribution in [0, 0.1) is 11.7 Å². The van der Waals surface area contributed by atoms with Crippen molar-refractivity contribution in [2.75, 3.05) is 11.9 Å². The molecule has 0 radical (unpaired) electrons. The zero-order chi connectivity index (χ0) is 18.7. The molecule has 1 aromatic rings. The predicted octanol–water partition coefficient (Wildman–Crippen LogP) is 5.85. The van der Waals surface area contributed by atoms with Crippen molar-refractivity contribution in [1.29, 1.82) is 0 Å². The molecule has 1 fully saturated rings. The molecule has 1 saturated carbocycles. The number of halogens is 4. The lowest BCUT2D eigenvalue weighted by atomic mass is 9.86. The van der Waals surface area contributed by atoms with Crippen LogP contribution < -0.4 is 10.0 Å². The molecule has 0 spiro atoms. The first-order valence-electron chi connectivity index (χ1n) is 8.59. The smallest absolute Gasteiger partial charge is 0.385 e. The first-order chi connectivity index (χ1) is 11.5. The zero-order valence-corrected chi connectivity index (χ0v) is 15.7. The molecule has 0 aliphatic heterocycles. The SMILES string of the molecule is CC(C)(C)SN[C@H]1CC[C@H](CNc2ccc(F)c(C(F)(F)F)c2)CC1. The molecule has 25 heavy (non-hydrogen) atoms. The molecule has 0 amide bonds. The lowest BCUT2D eigenvalue weighted by Crippen LogP contribution is -2.33. The second-order valence-corrected chi connectivity index (χ2v) is 9.29. The summed E-state index contributed by atoms with van der Waals surface area (Å²) < 4.78 is 55.2. The molecular weight excluding hydrogens is 352 g/mol. The summed E-state index contributed by atoms with van der Waals surface area (Å²) in [5, 5.41) is 3.03. The summed E-state index contributed by atoms with van der Waals surface area (Å²) in [6, 6.07) is 3.57. The van der Waals surface area contributed by atoms with Crippen LogP contribution in [0.4, 0.5) is 23.2 Å². The number of hydrogen-bond donors (Lipinski definition) is 2. The highest BCUT2D eigenvalue weighted by molar-refractivity contribution is 7.98. The Morgan fingerprint density at radius 3 is 2.28 bits per heavy atom. The van der Waals surface area contributed by atoms with E-state index in [0.29, 0.717) is 24.2 Å². The average Bonchev–Trinajstić information content (AvgIpc) is 2.51. The summed E-state index contributed by atoms with van der Waals surface area (Å²) in [6.45, 7) is 7.11. The van der Waals surface area contributed by atoms with Gasteiger partial charge in [0.15, 0.2) is 0 Å². The Morgan fingerprint density at radius 1 is 1.08 bits per heavy atom. The summed E-state index contributed by atoms with van der Waals surface area (Å²) in [5.74, 6) is -0.807. The second-order valence-electron chi connectivity index (χ2n) is 7.62. The Labute approximate surface area is 151 Å². The number of hydrogen-bond acceptors (Lipinski definition) is 3. The van der Waals surface area contributed by atoms with Crippen molar-refractivity contribution in [1.82, 2.24) is 4.72 Å². The van der Waals surface area contributed by atoms with Gasteiger partial charge in [-0.05, 0) is 70.6 Å². The second kappa shape index (κ2) is 8.16. The van der Waals surface area contributed by atoms with Gasteiger partial charge >= 0.3 is 6.18 Å². The maximum Gasteiger partial charge on any atom is 0.419 e.